The van der Waals surface area contributed by atoms with Crippen molar-refractivity contribution >= 4 is 5.91 Å². The van der Waals surface area contributed by atoms with E-state index in [1.165, 1.54) is 32.2 Å². The first kappa shape index (κ1) is 16.3. The van der Waals surface area contributed by atoms with Crippen molar-refractivity contribution in [2.24, 2.45) is 5.73 Å². The molecule has 20 heavy (non-hydrogen) atoms. The molecule has 0 spiro atoms. The zero-order chi connectivity index (χ0) is 15.2. The number of rotatable bonds is 8. The highest BCUT2D eigenvalue weighted by Crippen LogP contribution is 2.30. The normalized spacial score (nSPS) is 14.1. The maximum Gasteiger partial charge on any atom is 0.387 e. The molecule has 0 saturated carbocycles. The summed E-state index contributed by atoms with van der Waals surface area (Å²) in [6.45, 7) is -0.787. The molecule has 1 rings (SSSR count). The number of methoxy groups -OCH3 is 1. The van der Waals surface area contributed by atoms with Crippen LogP contribution in [-0.2, 0) is 15.1 Å². The van der Waals surface area contributed by atoms with Crippen molar-refractivity contribution in [2.45, 2.75) is 19.1 Å². The molecule has 0 aromatic heterocycles. The Labute approximate surface area is 116 Å². The molecule has 0 aliphatic carbocycles. The molecule has 0 fully saturated rings. The van der Waals surface area contributed by atoms with Crippen LogP contribution in [0, 0.1) is 0 Å². The molecule has 1 atom stereocenters. The fraction of sp³-hybridized carbons (Fsp3) is 0.462. The average molecular weight is 288 g/mol. The van der Waals surface area contributed by atoms with Crippen LogP contribution in [0.5, 0.6) is 5.75 Å². The first-order valence-electron chi connectivity index (χ1n) is 6.00. The van der Waals surface area contributed by atoms with E-state index >= 15 is 0 Å². The number of halogens is 2. The van der Waals surface area contributed by atoms with Crippen LogP contribution in [0.3, 0.4) is 0 Å². The van der Waals surface area contributed by atoms with Gasteiger partial charge in [-0.3, -0.25) is 10.1 Å². The average Bonchev–Trinajstić information content (AvgIpc) is 2.38. The highest BCUT2D eigenvalue weighted by molar-refractivity contribution is 5.86. The van der Waals surface area contributed by atoms with E-state index in [4.69, 9.17) is 10.5 Å². The van der Waals surface area contributed by atoms with E-state index in [0.717, 1.165) is 0 Å². The summed E-state index contributed by atoms with van der Waals surface area (Å²) in [7, 11) is 1.51. The van der Waals surface area contributed by atoms with Gasteiger partial charge >= 0.3 is 6.61 Å². The number of nitrogens with one attached hydrogen (secondary N) is 1. The first-order chi connectivity index (χ1) is 9.41. The van der Waals surface area contributed by atoms with Crippen LogP contribution in [0.15, 0.2) is 24.3 Å². The SMILES string of the molecule is COCCNC(C)(C(N)=O)c1ccccc1OC(F)F. The topological polar surface area (TPSA) is 73.6 Å². The minimum atomic E-state index is -2.98. The van der Waals surface area contributed by atoms with Crippen molar-refractivity contribution in [3.8, 4) is 5.75 Å². The lowest BCUT2D eigenvalue weighted by Gasteiger charge is -2.29. The number of primary amides is 1. The van der Waals surface area contributed by atoms with Gasteiger partial charge in [-0.15, -0.1) is 0 Å². The third kappa shape index (κ3) is 3.88. The molecule has 1 unspecified atom stereocenters. The summed E-state index contributed by atoms with van der Waals surface area (Å²) in [5, 5.41) is 2.90. The summed E-state index contributed by atoms with van der Waals surface area (Å²) in [6.07, 6.45) is 0. The first-order valence-corrected chi connectivity index (χ1v) is 6.00. The van der Waals surface area contributed by atoms with E-state index < -0.39 is 18.1 Å². The number of carbonyl (C=O) groups is 1. The van der Waals surface area contributed by atoms with Crippen LogP contribution < -0.4 is 15.8 Å². The molecular weight excluding hydrogens is 270 g/mol. The second kappa shape index (κ2) is 7.16. The maximum atomic E-state index is 12.4. The molecule has 5 nitrogen and oxygen atoms in total. The lowest BCUT2D eigenvalue weighted by atomic mass is 9.90. The molecule has 0 aliphatic rings. The summed E-state index contributed by atoms with van der Waals surface area (Å²) in [4.78, 5) is 11.7. The Balaban J connectivity index is 3.10. The van der Waals surface area contributed by atoms with E-state index in [1.807, 2.05) is 0 Å². The number of para-hydroxylation sites is 1. The van der Waals surface area contributed by atoms with E-state index in [0.29, 0.717) is 13.2 Å². The molecule has 1 amide bonds. The van der Waals surface area contributed by atoms with Gasteiger partial charge in [0.1, 0.15) is 11.3 Å². The van der Waals surface area contributed by atoms with Gasteiger partial charge in [0.05, 0.1) is 6.61 Å². The quantitative estimate of drug-likeness (QED) is 0.706. The maximum absolute atomic E-state index is 12.4. The van der Waals surface area contributed by atoms with Gasteiger partial charge < -0.3 is 15.2 Å². The van der Waals surface area contributed by atoms with Gasteiger partial charge in [0.15, 0.2) is 0 Å². The highest BCUT2D eigenvalue weighted by atomic mass is 19.3. The van der Waals surface area contributed by atoms with Crippen molar-refractivity contribution in [3.05, 3.63) is 29.8 Å². The number of ether oxygens (including phenoxy) is 2. The van der Waals surface area contributed by atoms with Gasteiger partial charge in [0.25, 0.3) is 0 Å². The number of hydrogen-bond donors (Lipinski definition) is 2. The molecule has 0 heterocycles. The van der Waals surface area contributed by atoms with E-state index in [2.05, 4.69) is 10.1 Å². The molecule has 0 saturated heterocycles. The van der Waals surface area contributed by atoms with Crippen molar-refractivity contribution < 1.29 is 23.0 Å². The Morgan fingerprint density at radius 3 is 2.65 bits per heavy atom. The van der Waals surface area contributed by atoms with Crippen molar-refractivity contribution in [1.82, 2.24) is 5.32 Å². The molecule has 3 N–H and O–H groups in total. The lowest BCUT2D eigenvalue weighted by Crippen LogP contribution is -2.51. The van der Waals surface area contributed by atoms with Crippen molar-refractivity contribution in [1.29, 1.82) is 0 Å². The molecule has 112 valence electrons. The number of nitrogens with two attached hydrogens (primary N) is 1. The number of carbonyl (C=O) groups excluding carboxylic acids is 1. The molecular formula is C13H18F2N2O3. The minimum absolute atomic E-state index is 0.0892. The van der Waals surface area contributed by atoms with E-state index in [-0.39, 0.29) is 11.3 Å². The summed E-state index contributed by atoms with van der Waals surface area (Å²) in [5.74, 6) is -0.785. The monoisotopic (exact) mass is 288 g/mol. The second-order valence-electron chi connectivity index (χ2n) is 4.28. The molecule has 0 bridgehead atoms. The lowest BCUT2D eigenvalue weighted by molar-refractivity contribution is -0.124. The molecule has 7 heteroatoms. The summed E-state index contributed by atoms with van der Waals surface area (Å²) in [6, 6.07) is 6.04. The Kier molecular flexibility index (Phi) is 5.84. The fourth-order valence-corrected chi connectivity index (χ4v) is 1.80. The number of hydrogen-bond acceptors (Lipinski definition) is 4. The van der Waals surface area contributed by atoms with Crippen molar-refractivity contribution in [3.63, 3.8) is 0 Å². The number of amides is 1. The predicted molar refractivity (Wildman–Crippen MR) is 69.5 cm³/mol. The van der Waals surface area contributed by atoms with Gasteiger partial charge in [-0.1, -0.05) is 18.2 Å². The predicted octanol–water partition coefficient (Wildman–Crippen LogP) is 1.22. The van der Waals surface area contributed by atoms with Gasteiger partial charge in [-0.25, -0.2) is 0 Å². The Hall–Kier alpha value is -1.73. The zero-order valence-corrected chi connectivity index (χ0v) is 11.4. The zero-order valence-electron chi connectivity index (χ0n) is 11.4. The van der Waals surface area contributed by atoms with Crippen LogP contribution in [-0.4, -0.2) is 32.8 Å². The van der Waals surface area contributed by atoms with Crippen LogP contribution in [0.4, 0.5) is 8.78 Å². The van der Waals surface area contributed by atoms with Gasteiger partial charge in [0.2, 0.25) is 5.91 Å². The van der Waals surface area contributed by atoms with Gasteiger partial charge in [-0.05, 0) is 13.0 Å². The summed E-state index contributed by atoms with van der Waals surface area (Å²) >= 11 is 0. The number of benzene rings is 1. The molecule has 0 radical (unpaired) electrons. The fourth-order valence-electron chi connectivity index (χ4n) is 1.80. The van der Waals surface area contributed by atoms with E-state index in [9.17, 15) is 13.6 Å². The van der Waals surface area contributed by atoms with Crippen LogP contribution >= 0.6 is 0 Å². The smallest absolute Gasteiger partial charge is 0.387 e. The minimum Gasteiger partial charge on any atom is -0.434 e. The molecule has 1 aromatic rings. The summed E-state index contributed by atoms with van der Waals surface area (Å²) < 4.78 is 34.2. The largest absolute Gasteiger partial charge is 0.434 e. The Morgan fingerprint density at radius 1 is 1.45 bits per heavy atom. The van der Waals surface area contributed by atoms with Crippen LogP contribution in [0.2, 0.25) is 0 Å². The number of alkyl halides is 2. The van der Waals surface area contributed by atoms with Crippen LogP contribution in [0.1, 0.15) is 12.5 Å². The van der Waals surface area contributed by atoms with Gasteiger partial charge in [-0.2, -0.15) is 8.78 Å². The Bertz CT molecular complexity index is 457. The second-order valence-corrected chi connectivity index (χ2v) is 4.28. The van der Waals surface area contributed by atoms with Gasteiger partial charge in [0, 0.05) is 19.2 Å². The standard InChI is InChI=1S/C13H18F2N2O3/c1-13(11(16)18,17-7-8-19-2)9-5-3-4-6-10(9)20-12(14)15/h3-6,12,17H,7-8H2,1-2H3,(H2,16,18). The molecule has 1 aromatic carbocycles. The molecule has 0 aliphatic heterocycles. The van der Waals surface area contributed by atoms with Crippen molar-refractivity contribution in [2.75, 3.05) is 20.3 Å². The van der Waals surface area contributed by atoms with E-state index in [1.54, 1.807) is 6.07 Å². The highest BCUT2D eigenvalue weighted by Gasteiger charge is 2.35. The van der Waals surface area contributed by atoms with Crippen LogP contribution in [0.25, 0.3) is 0 Å². The third-order valence-corrected chi connectivity index (χ3v) is 2.92. The Morgan fingerprint density at radius 2 is 2.10 bits per heavy atom. The third-order valence-electron chi connectivity index (χ3n) is 2.92. The summed E-state index contributed by atoms with van der Waals surface area (Å²) in [5.41, 5.74) is 4.32.